The average Bonchev–Trinajstić information content (AvgIpc) is 2.52. The second-order valence-electron chi connectivity index (χ2n) is 4.85. The van der Waals surface area contributed by atoms with E-state index in [-0.39, 0.29) is 11.3 Å². The predicted octanol–water partition coefficient (Wildman–Crippen LogP) is 4.31. The molecular weight excluding hydrogens is 319 g/mol. The summed E-state index contributed by atoms with van der Waals surface area (Å²) in [4.78, 5) is 11.9. The number of nitriles is 1. The van der Waals surface area contributed by atoms with Crippen LogP contribution in [0.5, 0.6) is 5.75 Å². The van der Waals surface area contributed by atoms with E-state index in [1.807, 2.05) is 0 Å². The molecule has 2 aromatic rings. The molecule has 0 saturated carbocycles. The van der Waals surface area contributed by atoms with Crippen molar-refractivity contribution in [3.63, 3.8) is 0 Å². The van der Waals surface area contributed by atoms with E-state index in [2.05, 4.69) is 0 Å². The van der Waals surface area contributed by atoms with Gasteiger partial charge in [-0.1, -0.05) is 12.2 Å². The first-order chi connectivity index (χ1) is 11.5. The molecule has 3 nitrogen and oxygen atoms in total. The topological polar surface area (TPSA) is 50.1 Å². The summed E-state index contributed by atoms with van der Waals surface area (Å²) in [7, 11) is 0. The highest BCUT2D eigenvalue weighted by atomic mass is 19.1. The van der Waals surface area contributed by atoms with Crippen LogP contribution in [0.15, 0.2) is 42.5 Å². The van der Waals surface area contributed by atoms with Crippen LogP contribution in [-0.4, -0.2) is 5.97 Å². The predicted molar refractivity (Wildman–Crippen MR) is 80.9 cm³/mol. The van der Waals surface area contributed by atoms with E-state index in [0.717, 1.165) is 30.3 Å². The van der Waals surface area contributed by atoms with Crippen LogP contribution >= 0.6 is 0 Å². The van der Waals surface area contributed by atoms with Crippen molar-refractivity contribution in [3.8, 4) is 11.8 Å². The molecule has 0 radical (unpaired) electrons. The number of benzene rings is 2. The number of hydrogen-bond acceptors (Lipinski definition) is 3. The molecule has 0 bridgehead atoms. The summed E-state index contributed by atoms with van der Waals surface area (Å²) in [6, 6.07) is 6.75. The molecule has 0 heterocycles. The highest BCUT2D eigenvalue weighted by Gasteiger charge is 2.21. The van der Waals surface area contributed by atoms with Gasteiger partial charge in [0.25, 0.3) is 0 Å². The highest BCUT2D eigenvalue weighted by Crippen LogP contribution is 2.21. The maximum Gasteiger partial charge on any atom is 0.349 e. The van der Waals surface area contributed by atoms with Crippen molar-refractivity contribution < 1.29 is 22.7 Å². The lowest BCUT2D eigenvalue weighted by molar-refractivity contribution is 0.0724. The quantitative estimate of drug-likeness (QED) is 0.476. The Labute approximate surface area is 136 Å². The minimum atomic E-state index is -1.29. The van der Waals surface area contributed by atoms with E-state index < -0.39 is 29.0 Å². The van der Waals surface area contributed by atoms with E-state index in [0.29, 0.717) is 12.0 Å². The Kier molecular flexibility index (Phi) is 5.38. The molecule has 24 heavy (non-hydrogen) atoms. The number of halogens is 3. The third-order valence-corrected chi connectivity index (χ3v) is 3.17. The lowest BCUT2D eigenvalue weighted by Gasteiger charge is -2.08. The Morgan fingerprint density at radius 3 is 2.38 bits per heavy atom. The number of esters is 1. The van der Waals surface area contributed by atoms with Crippen molar-refractivity contribution in [1.29, 1.82) is 5.26 Å². The maximum atomic E-state index is 14.0. The molecule has 6 heteroatoms. The molecule has 2 rings (SSSR count). The minimum Gasteiger partial charge on any atom is -0.423 e. The Morgan fingerprint density at radius 1 is 1.17 bits per heavy atom. The van der Waals surface area contributed by atoms with Crippen molar-refractivity contribution >= 4 is 5.97 Å². The van der Waals surface area contributed by atoms with Gasteiger partial charge >= 0.3 is 5.97 Å². The molecule has 0 N–H and O–H groups in total. The number of allylic oxidation sites excluding steroid dienone is 2. The largest absolute Gasteiger partial charge is 0.423 e. The number of nitrogens with zero attached hydrogens (tertiary/aromatic N) is 1. The molecule has 0 aromatic heterocycles. The molecule has 0 fully saturated rings. The van der Waals surface area contributed by atoms with Gasteiger partial charge in [0.05, 0.1) is 5.56 Å². The van der Waals surface area contributed by atoms with Crippen LogP contribution in [0.25, 0.3) is 0 Å². The van der Waals surface area contributed by atoms with Crippen LogP contribution < -0.4 is 4.74 Å². The second kappa shape index (κ2) is 7.47. The zero-order chi connectivity index (χ0) is 17.7. The van der Waals surface area contributed by atoms with Crippen molar-refractivity contribution in [2.45, 2.75) is 13.3 Å². The zero-order valence-corrected chi connectivity index (χ0v) is 12.6. The number of ether oxygens (including phenoxy) is 1. The van der Waals surface area contributed by atoms with E-state index in [1.165, 1.54) is 0 Å². The van der Waals surface area contributed by atoms with Gasteiger partial charge in [-0.2, -0.15) is 5.26 Å². The van der Waals surface area contributed by atoms with Crippen molar-refractivity contribution in [3.05, 3.63) is 76.6 Å². The van der Waals surface area contributed by atoms with Gasteiger partial charge in [0, 0.05) is 6.07 Å². The molecule has 2 aromatic carbocycles. The first kappa shape index (κ1) is 17.3. The van der Waals surface area contributed by atoms with Crippen LogP contribution in [0.1, 0.15) is 28.4 Å². The zero-order valence-electron chi connectivity index (χ0n) is 12.6. The monoisotopic (exact) mass is 331 g/mol. The van der Waals surface area contributed by atoms with Gasteiger partial charge in [0.2, 0.25) is 0 Å². The van der Waals surface area contributed by atoms with E-state index in [4.69, 9.17) is 10.00 Å². The maximum absolute atomic E-state index is 14.0. The number of rotatable bonds is 4. The molecule has 0 unspecified atom stereocenters. The molecule has 0 spiro atoms. The van der Waals surface area contributed by atoms with Crippen LogP contribution in [0.3, 0.4) is 0 Å². The molecule has 0 saturated heterocycles. The van der Waals surface area contributed by atoms with E-state index in [9.17, 15) is 18.0 Å². The second-order valence-corrected chi connectivity index (χ2v) is 4.85. The fourth-order valence-electron chi connectivity index (χ4n) is 2.00. The van der Waals surface area contributed by atoms with Gasteiger partial charge in [-0.25, -0.2) is 18.0 Å². The van der Waals surface area contributed by atoms with Crippen LogP contribution in [0, 0.1) is 28.8 Å². The summed E-state index contributed by atoms with van der Waals surface area (Å²) < 4.78 is 46.3. The fraction of sp³-hybridized carbons (Fsp3) is 0.111. The molecule has 122 valence electrons. The summed E-state index contributed by atoms with van der Waals surface area (Å²) in [6.45, 7) is 1.77. The summed E-state index contributed by atoms with van der Waals surface area (Å²) in [5.41, 5.74) is -0.728. The van der Waals surface area contributed by atoms with Gasteiger partial charge in [0.1, 0.15) is 34.8 Å². The molecule has 0 aliphatic carbocycles. The third kappa shape index (κ3) is 3.82. The standard InChI is InChI=1S/C18H12F3NO2/c1-2-3-4-11-7-15(20)17(16(21)8-11)18(23)24-13-6-5-12(10-22)14(19)9-13/h2-3,5-9H,4H2,1H3/b3-2+. The summed E-state index contributed by atoms with van der Waals surface area (Å²) in [5.74, 6) is -4.56. The lowest BCUT2D eigenvalue weighted by Crippen LogP contribution is -2.14. The first-order valence-electron chi connectivity index (χ1n) is 6.97. The highest BCUT2D eigenvalue weighted by molar-refractivity contribution is 5.91. The fourth-order valence-corrected chi connectivity index (χ4v) is 2.00. The average molecular weight is 331 g/mol. The first-order valence-corrected chi connectivity index (χ1v) is 6.97. The molecule has 0 atom stereocenters. The van der Waals surface area contributed by atoms with Gasteiger partial charge in [0.15, 0.2) is 0 Å². The molecular formula is C18H12F3NO2. The van der Waals surface area contributed by atoms with E-state index in [1.54, 1.807) is 25.1 Å². The van der Waals surface area contributed by atoms with Crippen molar-refractivity contribution in [1.82, 2.24) is 0 Å². The van der Waals surface area contributed by atoms with Crippen LogP contribution in [0.4, 0.5) is 13.2 Å². The Bertz CT molecular complexity index is 831. The molecule has 0 amide bonds. The molecule has 0 aliphatic heterocycles. The number of carbonyl (C=O) groups is 1. The van der Waals surface area contributed by atoms with Gasteiger partial charge in [-0.3, -0.25) is 0 Å². The van der Waals surface area contributed by atoms with Crippen LogP contribution in [-0.2, 0) is 6.42 Å². The summed E-state index contributed by atoms with van der Waals surface area (Å²) in [5, 5.41) is 8.63. The van der Waals surface area contributed by atoms with Crippen molar-refractivity contribution in [2.75, 3.05) is 0 Å². The Hall–Kier alpha value is -3.07. The number of carbonyl (C=O) groups excluding carboxylic acids is 1. The van der Waals surface area contributed by atoms with Gasteiger partial charge in [-0.05, 0) is 43.2 Å². The number of hydrogen-bond donors (Lipinski definition) is 0. The van der Waals surface area contributed by atoms with Gasteiger partial charge in [-0.15, -0.1) is 0 Å². The Morgan fingerprint density at radius 2 is 1.83 bits per heavy atom. The lowest BCUT2D eigenvalue weighted by atomic mass is 10.1. The minimum absolute atomic E-state index is 0.236. The Balaban J connectivity index is 2.27. The van der Waals surface area contributed by atoms with Crippen molar-refractivity contribution in [2.24, 2.45) is 0 Å². The molecule has 0 aliphatic rings. The summed E-state index contributed by atoms with van der Waals surface area (Å²) in [6.07, 6.45) is 3.77. The summed E-state index contributed by atoms with van der Waals surface area (Å²) >= 11 is 0. The van der Waals surface area contributed by atoms with E-state index >= 15 is 0 Å². The SMILES string of the molecule is C/C=C/Cc1cc(F)c(C(=O)Oc2ccc(C#N)c(F)c2)c(F)c1. The smallest absolute Gasteiger partial charge is 0.349 e. The van der Waals surface area contributed by atoms with Crippen LogP contribution in [0.2, 0.25) is 0 Å². The normalized spacial score (nSPS) is 10.6. The third-order valence-electron chi connectivity index (χ3n) is 3.17. The van der Waals surface area contributed by atoms with Gasteiger partial charge < -0.3 is 4.74 Å².